The molecule has 0 aromatic carbocycles. The number of hydrogen-bond acceptors (Lipinski definition) is 7. The second-order valence-electron chi connectivity index (χ2n) is 5.13. The van der Waals surface area contributed by atoms with E-state index in [0.717, 1.165) is 24.5 Å². The van der Waals surface area contributed by atoms with E-state index >= 15 is 0 Å². The van der Waals surface area contributed by atoms with Crippen molar-refractivity contribution in [3.63, 3.8) is 0 Å². The molecule has 1 atom stereocenters. The number of rotatable bonds is 5. The third-order valence-electron chi connectivity index (χ3n) is 3.61. The molecule has 1 unspecified atom stereocenters. The number of methoxy groups -OCH3 is 2. The van der Waals surface area contributed by atoms with Crippen LogP contribution in [0.5, 0.6) is 0 Å². The Morgan fingerprint density at radius 1 is 1.43 bits per heavy atom. The van der Waals surface area contributed by atoms with Crippen molar-refractivity contribution in [3.8, 4) is 0 Å². The molecule has 6 nitrogen and oxygen atoms in total. The number of carbonyl (C=O) groups is 2. The van der Waals surface area contributed by atoms with Crippen molar-refractivity contribution < 1.29 is 19.1 Å². The van der Waals surface area contributed by atoms with Gasteiger partial charge in [-0.2, -0.15) is 0 Å². The molecule has 21 heavy (non-hydrogen) atoms. The minimum Gasteiger partial charge on any atom is -0.465 e. The van der Waals surface area contributed by atoms with E-state index in [2.05, 4.69) is 4.90 Å². The third-order valence-corrected chi connectivity index (χ3v) is 4.98. The second kappa shape index (κ2) is 6.44. The third kappa shape index (κ3) is 3.03. The topological polar surface area (TPSA) is 81.9 Å². The fourth-order valence-electron chi connectivity index (χ4n) is 2.60. The van der Waals surface area contributed by atoms with Crippen molar-refractivity contribution in [2.45, 2.75) is 13.3 Å². The zero-order valence-electron chi connectivity index (χ0n) is 12.5. The number of hydrogen-bond donors (Lipinski definition) is 1. The largest absolute Gasteiger partial charge is 0.465 e. The summed E-state index contributed by atoms with van der Waals surface area (Å²) >= 11 is 1.27. The quantitative estimate of drug-likeness (QED) is 0.659. The van der Waals surface area contributed by atoms with Gasteiger partial charge in [0.25, 0.3) is 0 Å². The molecule has 116 valence electrons. The highest BCUT2D eigenvalue weighted by atomic mass is 32.1. The van der Waals surface area contributed by atoms with Gasteiger partial charge < -0.3 is 20.1 Å². The van der Waals surface area contributed by atoms with E-state index in [1.54, 1.807) is 7.11 Å². The Kier molecular flexibility index (Phi) is 4.84. The van der Waals surface area contributed by atoms with Gasteiger partial charge in [0.15, 0.2) is 5.78 Å². The lowest BCUT2D eigenvalue weighted by Gasteiger charge is -2.18. The summed E-state index contributed by atoms with van der Waals surface area (Å²) in [7, 11) is 2.99. The first-order valence-electron chi connectivity index (χ1n) is 6.75. The maximum atomic E-state index is 12.0. The van der Waals surface area contributed by atoms with Crippen LogP contribution in [-0.4, -0.2) is 45.7 Å². The summed E-state index contributed by atoms with van der Waals surface area (Å²) in [5, 5.41) is 0.725. The first kappa shape index (κ1) is 15.8. The molecule has 2 N–H and O–H groups in total. The first-order chi connectivity index (χ1) is 9.99. The van der Waals surface area contributed by atoms with E-state index < -0.39 is 5.97 Å². The zero-order valence-corrected chi connectivity index (χ0v) is 13.3. The lowest BCUT2D eigenvalue weighted by molar-refractivity contribution is 0.0603. The van der Waals surface area contributed by atoms with E-state index in [1.165, 1.54) is 25.4 Å². The molecular weight excluding hydrogens is 292 g/mol. The van der Waals surface area contributed by atoms with Crippen molar-refractivity contribution in [2.24, 2.45) is 5.92 Å². The standard InChI is InChI=1S/C14H20N2O4S/c1-8(17)12-11(15)10(14(18)20-3)13(21-12)16-5-4-9(6-16)7-19-2/h9H,4-7,15H2,1-3H3. The van der Waals surface area contributed by atoms with Gasteiger partial charge in [-0.25, -0.2) is 4.79 Å². The summed E-state index contributed by atoms with van der Waals surface area (Å²) in [6.07, 6.45) is 0.988. The van der Waals surface area contributed by atoms with Gasteiger partial charge in [-0.15, -0.1) is 11.3 Å². The lowest BCUT2D eigenvalue weighted by Crippen LogP contribution is -2.22. The molecule has 0 radical (unpaired) electrons. The van der Waals surface area contributed by atoms with Gasteiger partial charge in [0.05, 0.1) is 24.3 Å². The van der Waals surface area contributed by atoms with Crippen molar-refractivity contribution in [2.75, 3.05) is 44.5 Å². The summed E-state index contributed by atoms with van der Waals surface area (Å²) in [4.78, 5) is 26.2. The molecule has 2 heterocycles. The van der Waals surface area contributed by atoms with Crippen LogP contribution in [0, 0.1) is 5.92 Å². The van der Waals surface area contributed by atoms with Gasteiger partial charge in [-0.3, -0.25) is 4.79 Å². The van der Waals surface area contributed by atoms with Crippen LogP contribution < -0.4 is 10.6 Å². The van der Waals surface area contributed by atoms with Crippen LogP contribution in [0.25, 0.3) is 0 Å². The predicted octanol–water partition coefficient (Wildman–Crippen LogP) is 1.79. The Balaban J connectivity index is 2.36. The number of nitrogen functional groups attached to an aromatic ring is 1. The summed E-state index contributed by atoms with van der Waals surface area (Å²) in [5.41, 5.74) is 6.52. The van der Waals surface area contributed by atoms with Crippen LogP contribution in [-0.2, 0) is 9.47 Å². The summed E-state index contributed by atoms with van der Waals surface area (Å²) < 4.78 is 9.99. The van der Waals surface area contributed by atoms with Crippen LogP contribution in [0.2, 0.25) is 0 Å². The maximum Gasteiger partial charge on any atom is 0.343 e. The molecule has 0 aliphatic carbocycles. The number of esters is 1. The molecule has 1 aliphatic rings. The van der Waals surface area contributed by atoms with Crippen LogP contribution in [0.3, 0.4) is 0 Å². The Labute approximate surface area is 127 Å². The Morgan fingerprint density at radius 3 is 2.71 bits per heavy atom. The smallest absolute Gasteiger partial charge is 0.343 e. The molecule has 0 saturated carbocycles. The Hall–Kier alpha value is -1.60. The minimum absolute atomic E-state index is 0.137. The number of anilines is 2. The van der Waals surface area contributed by atoms with Gasteiger partial charge in [0.2, 0.25) is 0 Å². The minimum atomic E-state index is -0.499. The SMILES string of the molecule is COCC1CCN(c2sc(C(C)=O)c(N)c2C(=O)OC)C1. The molecule has 0 amide bonds. The molecule has 2 rings (SSSR count). The first-order valence-corrected chi connectivity index (χ1v) is 7.56. The number of nitrogens with zero attached hydrogens (tertiary/aromatic N) is 1. The van der Waals surface area contributed by atoms with E-state index in [1.807, 2.05) is 0 Å². The van der Waals surface area contributed by atoms with Gasteiger partial charge in [-0.05, 0) is 6.42 Å². The highest BCUT2D eigenvalue weighted by Crippen LogP contribution is 2.41. The van der Waals surface area contributed by atoms with Crippen LogP contribution in [0.1, 0.15) is 33.4 Å². The van der Waals surface area contributed by atoms with Gasteiger partial charge in [0, 0.05) is 33.0 Å². The van der Waals surface area contributed by atoms with E-state index in [0.29, 0.717) is 23.0 Å². The highest BCUT2D eigenvalue weighted by Gasteiger charge is 2.31. The summed E-state index contributed by atoms with van der Waals surface area (Å²) in [6.45, 7) is 3.74. The summed E-state index contributed by atoms with van der Waals surface area (Å²) in [6, 6.07) is 0. The van der Waals surface area contributed by atoms with E-state index in [9.17, 15) is 9.59 Å². The fourth-order valence-corrected chi connectivity index (χ4v) is 3.74. The molecular formula is C14H20N2O4S. The van der Waals surface area contributed by atoms with Crippen LogP contribution in [0.4, 0.5) is 10.7 Å². The second-order valence-corrected chi connectivity index (χ2v) is 6.13. The number of ether oxygens (including phenoxy) is 2. The predicted molar refractivity (Wildman–Crippen MR) is 82.3 cm³/mol. The number of nitrogens with two attached hydrogens (primary N) is 1. The molecule has 1 fully saturated rings. The summed E-state index contributed by atoms with van der Waals surface area (Å²) in [5.74, 6) is -0.215. The number of carbonyl (C=O) groups excluding carboxylic acids is 2. The monoisotopic (exact) mass is 312 g/mol. The highest BCUT2D eigenvalue weighted by molar-refractivity contribution is 7.19. The molecule has 0 bridgehead atoms. The lowest BCUT2D eigenvalue weighted by atomic mass is 10.1. The molecule has 1 aliphatic heterocycles. The van der Waals surface area contributed by atoms with E-state index in [-0.39, 0.29) is 11.5 Å². The maximum absolute atomic E-state index is 12.0. The average Bonchev–Trinajstić information content (AvgIpc) is 3.02. The van der Waals surface area contributed by atoms with Crippen molar-refractivity contribution in [3.05, 3.63) is 10.4 Å². The number of thiophene rings is 1. The Bertz CT molecular complexity index is 555. The zero-order chi connectivity index (χ0) is 15.6. The molecule has 0 spiro atoms. The Morgan fingerprint density at radius 2 is 2.14 bits per heavy atom. The number of ketones is 1. The molecule has 1 aromatic heterocycles. The molecule has 1 aromatic rings. The van der Waals surface area contributed by atoms with Gasteiger partial charge in [-0.1, -0.05) is 0 Å². The number of Topliss-reactive ketones (excluding diaryl/α,β-unsaturated/α-hetero) is 1. The van der Waals surface area contributed by atoms with Crippen LogP contribution >= 0.6 is 11.3 Å². The van der Waals surface area contributed by atoms with Crippen LogP contribution in [0.15, 0.2) is 0 Å². The van der Waals surface area contributed by atoms with Gasteiger partial charge >= 0.3 is 5.97 Å². The molecule has 1 saturated heterocycles. The van der Waals surface area contributed by atoms with E-state index in [4.69, 9.17) is 15.2 Å². The van der Waals surface area contributed by atoms with Gasteiger partial charge in [0.1, 0.15) is 10.6 Å². The van der Waals surface area contributed by atoms with Crippen molar-refractivity contribution >= 4 is 33.8 Å². The molecule has 7 heteroatoms. The normalized spacial score (nSPS) is 18.0. The fraction of sp³-hybridized carbons (Fsp3) is 0.571. The van der Waals surface area contributed by atoms with Crippen molar-refractivity contribution in [1.82, 2.24) is 0 Å². The average molecular weight is 312 g/mol. The van der Waals surface area contributed by atoms with Crippen molar-refractivity contribution in [1.29, 1.82) is 0 Å².